The number of ether oxygens (including phenoxy) is 1. The minimum Gasteiger partial charge on any atom is -0.496 e. The highest BCUT2D eigenvalue weighted by atomic mass is 19.1. The van der Waals surface area contributed by atoms with Crippen molar-refractivity contribution in [3.63, 3.8) is 0 Å². The van der Waals surface area contributed by atoms with Crippen LogP contribution in [-0.2, 0) is 5.41 Å². The van der Waals surface area contributed by atoms with Crippen molar-refractivity contribution in [1.82, 2.24) is 0 Å². The maximum Gasteiger partial charge on any atom is 0.126 e. The van der Waals surface area contributed by atoms with Gasteiger partial charge in [0, 0.05) is 11.0 Å². The number of benzene rings is 1. The van der Waals surface area contributed by atoms with Crippen LogP contribution in [0.15, 0.2) is 12.1 Å². The van der Waals surface area contributed by atoms with E-state index in [0.717, 1.165) is 12.0 Å². The molecule has 0 amide bonds. The van der Waals surface area contributed by atoms with Crippen molar-refractivity contribution < 1.29 is 14.2 Å². The highest BCUT2D eigenvalue weighted by Crippen LogP contribution is 2.65. The van der Waals surface area contributed by atoms with E-state index in [0.29, 0.717) is 11.3 Å². The second-order valence-corrected chi connectivity index (χ2v) is 5.60. The summed E-state index contributed by atoms with van der Waals surface area (Å²) < 4.78 is 19.0. The fourth-order valence-corrected chi connectivity index (χ4v) is 2.72. The van der Waals surface area contributed by atoms with E-state index < -0.39 is 0 Å². The normalized spacial score (nSPS) is 25.8. The molecule has 1 unspecified atom stereocenters. The minimum atomic E-state index is -0.354. The van der Waals surface area contributed by atoms with Gasteiger partial charge in [-0.05, 0) is 36.5 Å². The lowest BCUT2D eigenvalue weighted by Gasteiger charge is -2.21. The zero-order chi connectivity index (χ0) is 12.8. The Hall–Kier alpha value is -1.09. The first-order valence-corrected chi connectivity index (χ1v) is 5.83. The smallest absolute Gasteiger partial charge is 0.126 e. The topological polar surface area (TPSA) is 29.5 Å². The Labute approximate surface area is 101 Å². The van der Waals surface area contributed by atoms with Gasteiger partial charge in [-0.2, -0.15) is 0 Å². The van der Waals surface area contributed by atoms with E-state index in [-0.39, 0.29) is 23.3 Å². The summed E-state index contributed by atoms with van der Waals surface area (Å²) >= 11 is 0. The second-order valence-electron chi connectivity index (χ2n) is 5.60. The predicted octanol–water partition coefficient (Wildman–Crippen LogP) is 2.80. The minimum absolute atomic E-state index is 0.00325. The number of aliphatic hydroxyl groups is 1. The van der Waals surface area contributed by atoms with Crippen molar-refractivity contribution in [2.75, 3.05) is 13.7 Å². The molecule has 1 atom stereocenters. The molecule has 0 heterocycles. The number of aliphatic hydroxyl groups excluding tert-OH is 1. The Morgan fingerprint density at radius 2 is 2.00 bits per heavy atom. The standard InChI is InChI=1S/C14H19FO2/c1-9-5-12(17-4)10(6-11(9)15)14(8-16)7-13(14,2)3/h5-6,16H,7-8H2,1-4H3. The number of hydrogen-bond acceptors (Lipinski definition) is 2. The monoisotopic (exact) mass is 238 g/mol. The highest BCUT2D eigenvalue weighted by molar-refractivity contribution is 5.48. The Kier molecular flexibility index (Phi) is 2.69. The van der Waals surface area contributed by atoms with Crippen molar-refractivity contribution in [2.24, 2.45) is 5.41 Å². The average molecular weight is 238 g/mol. The average Bonchev–Trinajstić information content (AvgIpc) is 2.85. The van der Waals surface area contributed by atoms with E-state index in [9.17, 15) is 9.50 Å². The van der Waals surface area contributed by atoms with Crippen LogP contribution in [0.3, 0.4) is 0 Å². The van der Waals surface area contributed by atoms with E-state index in [1.165, 1.54) is 6.07 Å². The molecule has 0 radical (unpaired) electrons. The molecule has 1 aromatic carbocycles. The van der Waals surface area contributed by atoms with Gasteiger partial charge >= 0.3 is 0 Å². The molecule has 1 N–H and O–H groups in total. The first-order chi connectivity index (χ1) is 7.88. The molecule has 17 heavy (non-hydrogen) atoms. The number of halogens is 1. The number of hydrogen-bond donors (Lipinski definition) is 1. The summed E-state index contributed by atoms with van der Waals surface area (Å²) in [5, 5.41) is 9.65. The quantitative estimate of drug-likeness (QED) is 0.877. The summed E-state index contributed by atoms with van der Waals surface area (Å²) in [6.45, 7) is 5.91. The van der Waals surface area contributed by atoms with Crippen LogP contribution in [0.5, 0.6) is 5.75 Å². The van der Waals surface area contributed by atoms with Gasteiger partial charge in [-0.15, -0.1) is 0 Å². The number of methoxy groups -OCH3 is 1. The third-order valence-electron chi connectivity index (χ3n) is 4.18. The van der Waals surface area contributed by atoms with Crippen LogP contribution in [0.2, 0.25) is 0 Å². The summed E-state index contributed by atoms with van der Waals surface area (Å²) in [4.78, 5) is 0. The fourth-order valence-electron chi connectivity index (χ4n) is 2.72. The summed E-state index contributed by atoms with van der Waals surface area (Å²) in [5.41, 5.74) is 0.997. The molecule has 1 saturated carbocycles. The van der Waals surface area contributed by atoms with Crippen molar-refractivity contribution in [3.05, 3.63) is 29.1 Å². The van der Waals surface area contributed by atoms with Crippen LogP contribution in [0.1, 0.15) is 31.4 Å². The predicted molar refractivity (Wildman–Crippen MR) is 64.9 cm³/mol. The first kappa shape index (κ1) is 12.4. The van der Waals surface area contributed by atoms with Gasteiger partial charge in [0.15, 0.2) is 0 Å². The van der Waals surface area contributed by atoms with Gasteiger partial charge in [0.2, 0.25) is 0 Å². The molecular weight excluding hydrogens is 219 g/mol. The Bertz CT molecular complexity index is 454. The number of rotatable bonds is 3. The summed E-state index contributed by atoms with van der Waals surface area (Å²) in [6.07, 6.45) is 0.857. The lowest BCUT2D eigenvalue weighted by atomic mass is 9.87. The van der Waals surface area contributed by atoms with E-state index in [4.69, 9.17) is 4.74 Å². The molecule has 1 fully saturated rings. The zero-order valence-electron chi connectivity index (χ0n) is 10.8. The van der Waals surface area contributed by atoms with E-state index in [2.05, 4.69) is 13.8 Å². The van der Waals surface area contributed by atoms with Crippen molar-refractivity contribution in [1.29, 1.82) is 0 Å². The Morgan fingerprint density at radius 1 is 1.41 bits per heavy atom. The second kappa shape index (κ2) is 3.70. The lowest BCUT2D eigenvalue weighted by molar-refractivity contribution is 0.227. The molecule has 2 nitrogen and oxygen atoms in total. The summed E-state index contributed by atoms with van der Waals surface area (Å²) in [7, 11) is 1.58. The third kappa shape index (κ3) is 1.64. The van der Waals surface area contributed by atoms with E-state index >= 15 is 0 Å². The molecule has 2 rings (SSSR count). The molecule has 0 aliphatic heterocycles. The van der Waals surface area contributed by atoms with Crippen LogP contribution in [0.4, 0.5) is 4.39 Å². The summed E-state index contributed by atoms with van der Waals surface area (Å²) in [5.74, 6) is 0.430. The largest absolute Gasteiger partial charge is 0.496 e. The SMILES string of the molecule is COc1cc(C)c(F)cc1C1(CO)CC1(C)C. The van der Waals surface area contributed by atoms with Crippen LogP contribution in [0, 0.1) is 18.2 Å². The van der Waals surface area contributed by atoms with E-state index in [1.54, 1.807) is 20.1 Å². The molecule has 1 aliphatic carbocycles. The Morgan fingerprint density at radius 3 is 2.41 bits per heavy atom. The molecule has 0 saturated heterocycles. The van der Waals surface area contributed by atoms with Gasteiger partial charge in [0.05, 0.1) is 13.7 Å². The highest BCUT2D eigenvalue weighted by Gasteiger charge is 2.62. The van der Waals surface area contributed by atoms with Crippen LogP contribution in [0.25, 0.3) is 0 Å². The molecule has 1 aromatic rings. The first-order valence-electron chi connectivity index (χ1n) is 5.83. The van der Waals surface area contributed by atoms with Crippen molar-refractivity contribution in [2.45, 2.75) is 32.6 Å². The summed E-state index contributed by atoms with van der Waals surface area (Å²) in [6, 6.07) is 3.22. The molecule has 3 heteroatoms. The fraction of sp³-hybridized carbons (Fsp3) is 0.571. The maximum atomic E-state index is 13.7. The maximum absolute atomic E-state index is 13.7. The zero-order valence-corrected chi connectivity index (χ0v) is 10.8. The van der Waals surface area contributed by atoms with Crippen molar-refractivity contribution >= 4 is 0 Å². The van der Waals surface area contributed by atoms with Gasteiger partial charge < -0.3 is 9.84 Å². The van der Waals surface area contributed by atoms with Crippen LogP contribution < -0.4 is 4.74 Å². The molecule has 0 aromatic heterocycles. The van der Waals surface area contributed by atoms with Gasteiger partial charge in [-0.1, -0.05) is 13.8 Å². The van der Waals surface area contributed by atoms with Gasteiger partial charge in [0.1, 0.15) is 11.6 Å². The molecular formula is C14H19FO2. The molecule has 94 valence electrons. The van der Waals surface area contributed by atoms with Gasteiger partial charge in [-0.3, -0.25) is 0 Å². The molecule has 0 spiro atoms. The third-order valence-corrected chi connectivity index (χ3v) is 4.18. The number of aryl methyl sites for hydroxylation is 1. The van der Waals surface area contributed by atoms with Gasteiger partial charge in [-0.25, -0.2) is 4.39 Å². The van der Waals surface area contributed by atoms with Crippen LogP contribution in [-0.4, -0.2) is 18.8 Å². The molecule has 0 bridgehead atoms. The molecule has 1 aliphatic rings. The van der Waals surface area contributed by atoms with Crippen molar-refractivity contribution in [3.8, 4) is 5.75 Å². The lowest BCUT2D eigenvalue weighted by Crippen LogP contribution is -2.20. The van der Waals surface area contributed by atoms with Crippen LogP contribution >= 0.6 is 0 Å². The van der Waals surface area contributed by atoms with Gasteiger partial charge in [0.25, 0.3) is 0 Å². The van der Waals surface area contributed by atoms with E-state index in [1.807, 2.05) is 0 Å². The Balaban J connectivity index is 2.56.